The molecule has 1 atom stereocenters. The number of nitro benzene ring substituents is 1. The number of nitrogens with zero attached hydrogens (tertiary/aromatic N) is 3. The van der Waals surface area contributed by atoms with Crippen LogP contribution in [0.4, 0.5) is 5.69 Å². The summed E-state index contributed by atoms with van der Waals surface area (Å²) in [6.45, 7) is 3.85. The number of hydrogen-bond acceptors (Lipinski definition) is 5. The lowest BCUT2D eigenvalue weighted by Crippen LogP contribution is -2.21. The number of carbonyl (C=O) groups excluding carboxylic acids is 1. The summed E-state index contributed by atoms with van der Waals surface area (Å²) in [7, 11) is 0. The molecule has 0 saturated carbocycles. The van der Waals surface area contributed by atoms with Crippen LogP contribution in [0.15, 0.2) is 36.7 Å². The summed E-state index contributed by atoms with van der Waals surface area (Å²) in [5.41, 5.74) is 0.469. The first kappa shape index (κ1) is 14.7. The fraction of sp³-hybridized carbons (Fsp3) is 0.286. The summed E-state index contributed by atoms with van der Waals surface area (Å²) in [6, 6.07) is 6.12. The summed E-state index contributed by atoms with van der Waals surface area (Å²) in [4.78, 5) is 22.5. The standard InChI is InChI=1S/C14H15N3O4/c1-10-4-5-13(17(19)20)12(8-10)14(18)21-11(2)9-16-7-3-6-15-16/h3-8,11H,9H2,1-2H3/t11-/m0/s1. The molecule has 0 saturated heterocycles. The first-order valence-electron chi connectivity index (χ1n) is 6.41. The first-order valence-corrected chi connectivity index (χ1v) is 6.41. The third-order valence-electron chi connectivity index (χ3n) is 2.88. The second-order valence-electron chi connectivity index (χ2n) is 4.72. The van der Waals surface area contributed by atoms with Gasteiger partial charge in [-0.25, -0.2) is 4.79 Å². The van der Waals surface area contributed by atoms with Gasteiger partial charge in [-0.05, 0) is 31.5 Å². The van der Waals surface area contributed by atoms with E-state index in [2.05, 4.69) is 5.10 Å². The van der Waals surface area contributed by atoms with Crippen molar-refractivity contribution in [1.82, 2.24) is 9.78 Å². The highest BCUT2D eigenvalue weighted by Gasteiger charge is 2.23. The summed E-state index contributed by atoms with van der Waals surface area (Å²) in [5, 5.41) is 15.0. The third kappa shape index (κ3) is 3.65. The molecule has 21 heavy (non-hydrogen) atoms. The number of hydrogen-bond donors (Lipinski definition) is 0. The van der Waals surface area contributed by atoms with Gasteiger partial charge in [0, 0.05) is 18.5 Å². The molecule has 2 aromatic rings. The van der Waals surface area contributed by atoms with Gasteiger partial charge in [0.15, 0.2) is 0 Å². The molecule has 0 aliphatic rings. The minimum Gasteiger partial charge on any atom is -0.457 e. The van der Waals surface area contributed by atoms with Gasteiger partial charge < -0.3 is 4.74 Å². The van der Waals surface area contributed by atoms with Crippen LogP contribution in [0, 0.1) is 17.0 Å². The highest BCUT2D eigenvalue weighted by atomic mass is 16.6. The fourth-order valence-corrected chi connectivity index (χ4v) is 1.93. The predicted octanol–water partition coefficient (Wildman–Crippen LogP) is 2.35. The summed E-state index contributed by atoms with van der Waals surface area (Å²) in [5.74, 6) is -0.704. The molecule has 110 valence electrons. The van der Waals surface area contributed by atoms with E-state index < -0.39 is 17.0 Å². The van der Waals surface area contributed by atoms with Crippen LogP contribution in [0.3, 0.4) is 0 Å². The van der Waals surface area contributed by atoms with E-state index in [1.807, 2.05) is 0 Å². The van der Waals surface area contributed by atoms with E-state index in [0.29, 0.717) is 6.54 Å². The summed E-state index contributed by atoms with van der Waals surface area (Å²) < 4.78 is 6.88. The zero-order chi connectivity index (χ0) is 15.4. The van der Waals surface area contributed by atoms with Gasteiger partial charge in [0.25, 0.3) is 5.69 Å². The van der Waals surface area contributed by atoms with Crippen molar-refractivity contribution >= 4 is 11.7 Å². The van der Waals surface area contributed by atoms with E-state index in [1.54, 1.807) is 43.1 Å². The van der Waals surface area contributed by atoms with Gasteiger partial charge in [-0.1, -0.05) is 6.07 Å². The summed E-state index contributed by atoms with van der Waals surface area (Å²) in [6.07, 6.45) is 2.93. The zero-order valence-electron chi connectivity index (χ0n) is 11.7. The Bertz CT molecular complexity index is 652. The average Bonchev–Trinajstić information content (AvgIpc) is 2.90. The Labute approximate surface area is 121 Å². The zero-order valence-corrected chi connectivity index (χ0v) is 11.7. The number of carbonyl (C=O) groups is 1. The lowest BCUT2D eigenvalue weighted by molar-refractivity contribution is -0.385. The second kappa shape index (κ2) is 6.17. The molecule has 0 amide bonds. The van der Waals surface area contributed by atoms with Crippen LogP contribution < -0.4 is 0 Å². The van der Waals surface area contributed by atoms with Gasteiger partial charge in [0.1, 0.15) is 11.7 Å². The van der Waals surface area contributed by atoms with Crippen LogP contribution in [-0.2, 0) is 11.3 Å². The Morgan fingerprint density at radius 1 is 1.52 bits per heavy atom. The average molecular weight is 289 g/mol. The maximum absolute atomic E-state index is 12.1. The van der Waals surface area contributed by atoms with Crippen LogP contribution in [0.1, 0.15) is 22.8 Å². The Kier molecular flexibility index (Phi) is 4.32. The topological polar surface area (TPSA) is 87.3 Å². The SMILES string of the molecule is Cc1ccc([N+](=O)[O-])c(C(=O)O[C@@H](C)Cn2cccn2)c1. The van der Waals surface area contributed by atoms with Crippen molar-refractivity contribution in [2.24, 2.45) is 0 Å². The van der Waals surface area contributed by atoms with Crippen molar-refractivity contribution in [3.63, 3.8) is 0 Å². The van der Waals surface area contributed by atoms with E-state index in [9.17, 15) is 14.9 Å². The van der Waals surface area contributed by atoms with E-state index in [4.69, 9.17) is 4.74 Å². The fourth-order valence-electron chi connectivity index (χ4n) is 1.93. The Balaban J connectivity index is 2.12. The Morgan fingerprint density at radius 3 is 2.90 bits per heavy atom. The molecule has 1 heterocycles. The maximum Gasteiger partial charge on any atom is 0.345 e. The van der Waals surface area contributed by atoms with Gasteiger partial charge in [-0.15, -0.1) is 0 Å². The molecule has 0 fully saturated rings. The second-order valence-corrected chi connectivity index (χ2v) is 4.72. The molecule has 2 rings (SSSR count). The maximum atomic E-state index is 12.1. The number of aryl methyl sites for hydroxylation is 1. The minimum absolute atomic E-state index is 0.0349. The number of aromatic nitrogens is 2. The van der Waals surface area contributed by atoms with Gasteiger partial charge >= 0.3 is 5.97 Å². The summed E-state index contributed by atoms with van der Waals surface area (Å²) >= 11 is 0. The molecular formula is C14H15N3O4. The van der Waals surface area contributed by atoms with Crippen molar-refractivity contribution in [1.29, 1.82) is 0 Å². The normalized spacial score (nSPS) is 11.9. The molecule has 7 heteroatoms. The number of ether oxygens (including phenoxy) is 1. The van der Waals surface area contributed by atoms with E-state index in [0.717, 1.165) is 5.56 Å². The van der Waals surface area contributed by atoms with E-state index in [1.165, 1.54) is 12.1 Å². The molecule has 1 aromatic carbocycles. The van der Waals surface area contributed by atoms with Crippen molar-refractivity contribution in [2.45, 2.75) is 26.5 Å². The molecule has 0 aliphatic carbocycles. The molecule has 0 unspecified atom stereocenters. The van der Waals surface area contributed by atoms with Gasteiger partial charge in [-0.2, -0.15) is 5.10 Å². The van der Waals surface area contributed by atoms with Gasteiger partial charge in [0.2, 0.25) is 0 Å². The molecule has 0 aliphatic heterocycles. The quantitative estimate of drug-likeness (QED) is 0.479. The smallest absolute Gasteiger partial charge is 0.345 e. The van der Waals surface area contributed by atoms with E-state index >= 15 is 0 Å². The van der Waals surface area contributed by atoms with E-state index in [-0.39, 0.29) is 11.3 Å². The molecule has 0 radical (unpaired) electrons. The third-order valence-corrected chi connectivity index (χ3v) is 2.88. The molecule has 0 N–H and O–H groups in total. The van der Waals surface area contributed by atoms with Crippen LogP contribution in [0.5, 0.6) is 0 Å². The number of benzene rings is 1. The van der Waals surface area contributed by atoms with Crippen LogP contribution in [0.2, 0.25) is 0 Å². The van der Waals surface area contributed by atoms with Crippen LogP contribution >= 0.6 is 0 Å². The molecule has 1 aromatic heterocycles. The number of esters is 1. The van der Waals surface area contributed by atoms with Crippen LogP contribution in [-0.4, -0.2) is 26.8 Å². The highest BCUT2D eigenvalue weighted by Crippen LogP contribution is 2.21. The van der Waals surface area contributed by atoms with Crippen molar-refractivity contribution in [3.8, 4) is 0 Å². The minimum atomic E-state index is -0.704. The number of nitro groups is 1. The Hall–Kier alpha value is -2.70. The molecular weight excluding hydrogens is 274 g/mol. The largest absolute Gasteiger partial charge is 0.457 e. The van der Waals surface area contributed by atoms with Crippen molar-refractivity contribution in [3.05, 3.63) is 57.9 Å². The molecule has 7 nitrogen and oxygen atoms in total. The first-order chi connectivity index (χ1) is 9.97. The van der Waals surface area contributed by atoms with Crippen molar-refractivity contribution in [2.75, 3.05) is 0 Å². The lowest BCUT2D eigenvalue weighted by Gasteiger charge is -2.13. The molecule has 0 spiro atoms. The predicted molar refractivity (Wildman–Crippen MR) is 74.9 cm³/mol. The highest BCUT2D eigenvalue weighted by molar-refractivity contribution is 5.94. The lowest BCUT2D eigenvalue weighted by atomic mass is 10.1. The molecule has 0 bridgehead atoms. The monoisotopic (exact) mass is 289 g/mol. The van der Waals surface area contributed by atoms with Gasteiger partial charge in [-0.3, -0.25) is 14.8 Å². The number of rotatable bonds is 5. The van der Waals surface area contributed by atoms with Crippen LogP contribution in [0.25, 0.3) is 0 Å². The Morgan fingerprint density at radius 2 is 2.29 bits per heavy atom. The van der Waals surface area contributed by atoms with Crippen molar-refractivity contribution < 1.29 is 14.5 Å². The van der Waals surface area contributed by atoms with Gasteiger partial charge in [0.05, 0.1) is 11.5 Å².